The van der Waals surface area contributed by atoms with Gasteiger partial charge in [0, 0.05) is 17.9 Å². The van der Waals surface area contributed by atoms with Crippen LogP contribution in [-0.4, -0.2) is 36.2 Å². The van der Waals surface area contributed by atoms with E-state index in [4.69, 9.17) is 5.14 Å². The van der Waals surface area contributed by atoms with E-state index in [9.17, 15) is 18.0 Å². The van der Waals surface area contributed by atoms with Crippen LogP contribution in [0.3, 0.4) is 0 Å². The summed E-state index contributed by atoms with van der Waals surface area (Å²) in [5.41, 5.74) is 1.51. The van der Waals surface area contributed by atoms with E-state index in [1.54, 1.807) is 0 Å². The van der Waals surface area contributed by atoms with E-state index < -0.39 is 10.0 Å². The van der Waals surface area contributed by atoms with Gasteiger partial charge in [-0.1, -0.05) is 23.5 Å². The highest BCUT2D eigenvalue weighted by atomic mass is 32.2. The summed E-state index contributed by atoms with van der Waals surface area (Å²) in [6, 6.07) is 5.65. The lowest BCUT2D eigenvalue weighted by atomic mass is 10.0. The summed E-state index contributed by atoms with van der Waals surface area (Å²) in [4.78, 5) is 33.9. The Morgan fingerprint density at radius 3 is 2.59 bits per heavy atom. The first-order valence-corrected chi connectivity index (χ1v) is 12.1. The number of hydrogen-bond acceptors (Lipinski definition) is 7. The van der Waals surface area contributed by atoms with Crippen molar-refractivity contribution >= 4 is 61.3 Å². The molecule has 11 heteroatoms. The van der Waals surface area contributed by atoms with E-state index in [-0.39, 0.29) is 29.0 Å². The lowest BCUT2D eigenvalue weighted by molar-refractivity contribution is -0.119. The van der Waals surface area contributed by atoms with Crippen molar-refractivity contribution in [2.75, 3.05) is 11.1 Å². The fourth-order valence-corrected chi connectivity index (χ4v) is 5.24. The molecular weight excluding hydrogens is 432 g/mol. The number of carbonyl (C=O) groups excluding carboxylic acids is 2. The molecule has 3 rings (SSSR count). The smallest absolute Gasteiger partial charge is 0.262 e. The second-order valence-corrected chi connectivity index (χ2v) is 10.4. The summed E-state index contributed by atoms with van der Waals surface area (Å²) in [7, 11) is -3.76. The number of aliphatic imine (C=N–C) groups is 2. The minimum absolute atomic E-state index is 0.0143. The first-order chi connectivity index (χ1) is 13.6. The predicted molar refractivity (Wildman–Crippen MR) is 117 cm³/mol. The summed E-state index contributed by atoms with van der Waals surface area (Å²) in [6.45, 7) is 3.91. The Kier molecular flexibility index (Phi) is 6.62. The molecule has 0 radical (unpaired) electrons. The van der Waals surface area contributed by atoms with Gasteiger partial charge in [-0.2, -0.15) is 4.99 Å². The first-order valence-electron chi connectivity index (χ1n) is 8.77. The van der Waals surface area contributed by atoms with Gasteiger partial charge in [-0.25, -0.2) is 18.5 Å². The second-order valence-electron chi connectivity index (χ2n) is 6.53. The molecule has 0 spiro atoms. The van der Waals surface area contributed by atoms with Crippen molar-refractivity contribution in [3.63, 3.8) is 0 Å². The number of amides is 2. The number of anilines is 1. The number of carbonyl (C=O) groups is 2. The summed E-state index contributed by atoms with van der Waals surface area (Å²) in [5, 5.41) is 8.96. The van der Waals surface area contributed by atoms with Crippen LogP contribution in [0.5, 0.6) is 0 Å². The van der Waals surface area contributed by atoms with Crippen LogP contribution in [0, 0.1) is 5.92 Å². The van der Waals surface area contributed by atoms with E-state index in [1.807, 2.05) is 13.8 Å². The number of sulfonamides is 1. The van der Waals surface area contributed by atoms with Gasteiger partial charge in [-0.15, -0.1) is 0 Å². The Hall–Kier alpha value is -1.95. The van der Waals surface area contributed by atoms with Crippen LogP contribution < -0.4 is 10.5 Å². The Labute approximate surface area is 177 Å². The third kappa shape index (κ3) is 5.35. The van der Waals surface area contributed by atoms with Crippen molar-refractivity contribution in [2.24, 2.45) is 21.0 Å². The molecule has 29 heavy (non-hydrogen) atoms. The number of thioether (sulfide) groups is 2. The molecule has 1 aromatic carbocycles. The van der Waals surface area contributed by atoms with E-state index in [0.717, 1.165) is 15.5 Å². The highest BCUT2D eigenvalue weighted by molar-refractivity contribution is 8.18. The zero-order chi connectivity index (χ0) is 21.2. The topological polar surface area (TPSA) is 131 Å². The molecule has 1 atom stereocenters. The minimum Gasteiger partial charge on any atom is -0.326 e. The van der Waals surface area contributed by atoms with Crippen molar-refractivity contribution in [3.05, 3.63) is 34.7 Å². The molecule has 0 bridgehead atoms. The maximum absolute atomic E-state index is 12.2. The fraction of sp³-hybridized carbons (Fsp3) is 0.333. The highest BCUT2D eigenvalue weighted by Crippen LogP contribution is 2.40. The number of hydrogen-bond donors (Lipinski definition) is 2. The molecule has 0 fully saturated rings. The Morgan fingerprint density at radius 2 is 1.93 bits per heavy atom. The van der Waals surface area contributed by atoms with Crippen molar-refractivity contribution in [3.8, 4) is 0 Å². The van der Waals surface area contributed by atoms with Gasteiger partial charge in [0.2, 0.25) is 15.9 Å². The maximum atomic E-state index is 12.2. The molecule has 2 aliphatic rings. The number of benzene rings is 1. The van der Waals surface area contributed by atoms with Crippen LogP contribution in [0.4, 0.5) is 5.69 Å². The molecule has 0 aromatic heterocycles. The van der Waals surface area contributed by atoms with E-state index in [2.05, 4.69) is 15.3 Å². The molecular formula is C18H20N4O4S3. The molecule has 0 aliphatic carbocycles. The zero-order valence-corrected chi connectivity index (χ0v) is 18.3. The second kappa shape index (κ2) is 8.82. The number of nitrogens with zero attached hydrogens (tertiary/aromatic N) is 2. The van der Waals surface area contributed by atoms with Gasteiger partial charge in [-0.3, -0.25) is 9.59 Å². The highest BCUT2D eigenvalue weighted by Gasteiger charge is 2.36. The van der Waals surface area contributed by atoms with Crippen LogP contribution >= 0.6 is 23.5 Å². The number of amidine groups is 1. The van der Waals surface area contributed by atoms with Gasteiger partial charge >= 0.3 is 0 Å². The minimum atomic E-state index is -3.76. The monoisotopic (exact) mass is 452 g/mol. The van der Waals surface area contributed by atoms with Crippen molar-refractivity contribution in [1.29, 1.82) is 0 Å². The molecule has 8 nitrogen and oxygen atoms in total. The first kappa shape index (κ1) is 21.8. The van der Waals surface area contributed by atoms with E-state index in [0.29, 0.717) is 23.0 Å². The third-order valence-corrected chi connectivity index (χ3v) is 7.42. The molecule has 2 aliphatic heterocycles. The number of nitrogens with one attached hydrogen (secondary N) is 1. The number of allylic oxidation sites excluding steroid dienone is 1. The lowest BCUT2D eigenvalue weighted by Crippen LogP contribution is -2.24. The molecule has 1 unspecified atom stereocenters. The molecule has 0 saturated heterocycles. The molecule has 154 valence electrons. The maximum Gasteiger partial charge on any atom is 0.262 e. The van der Waals surface area contributed by atoms with Crippen LogP contribution in [0.15, 0.2) is 49.6 Å². The Bertz CT molecular complexity index is 1040. The van der Waals surface area contributed by atoms with Gasteiger partial charge in [0.05, 0.1) is 9.94 Å². The molecule has 0 saturated carbocycles. The van der Waals surface area contributed by atoms with Crippen LogP contribution in [0.1, 0.15) is 26.7 Å². The van der Waals surface area contributed by atoms with Gasteiger partial charge in [0.1, 0.15) is 5.92 Å². The number of fused-ring (bicyclic) bond motifs is 1. The molecule has 3 N–H and O–H groups in total. The number of nitrogens with two attached hydrogens (primary N) is 1. The van der Waals surface area contributed by atoms with Crippen LogP contribution in [0.2, 0.25) is 0 Å². The summed E-state index contributed by atoms with van der Waals surface area (Å²) in [6.07, 6.45) is 0.857. The van der Waals surface area contributed by atoms with Gasteiger partial charge in [0.25, 0.3) is 5.91 Å². The van der Waals surface area contributed by atoms with Crippen LogP contribution in [-0.2, 0) is 19.6 Å². The average molecular weight is 453 g/mol. The summed E-state index contributed by atoms with van der Waals surface area (Å²) in [5.74, 6) is -0.0962. The quantitative estimate of drug-likeness (QED) is 0.638. The average Bonchev–Trinajstić information content (AvgIpc) is 2.93. The van der Waals surface area contributed by atoms with Crippen molar-refractivity contribution < 1.29 is 18.0 Å². The summed E-state index contributed by atoms with van der Waals surface area (Å²) >= 11 is 2.87. The van der Waals surface area contributed by atoms with Gasteiger partial charge in [-0.05, 0) is 55.0 Å². The Morgan fingerprint density at radius 1 is 1.24 bits per heavy atom. The Balaban J connectivity index is 1.44. The number of rotatable bonds is 6. The molecule has 1 aromatic rings. The summed E-state index contributed by atoms with van der Waals surface area (Å²) < 4.78 is 22.5. The van der Waals surface area contributed by atoms with Crippen LogP contribution in [0.25, 0.3) is 0 Å². The standard InChI is InChI=1S/C18H20N4O4S3/c1-10-11(2)28-17-15(10)16(24)21-18(22-17)27-9-3-4-14(23)20-12-5-7-13(8-6-12)29(19,25)26/h5-8,15H,3-4,9H2,1-2H3,(H,20,23)(H2,19,25,26). The lowest BCUT2D eigenvalue weighted by Gasteiger charge is -2.14. The predicted octanol–water partition coefficient (Wildman–Crippen LogP) is 2.74. The van der Waals surface area contributed by atoms with Crippen molar-refractivity contribution in [1.82, 2.24) is 0 Å². The fourth-order valence-electron chi connectivity index (χ4n) is 2.75. The van der Waals surface area contributed by atoms with Crippen molar-refractivity contribution in [2.45, 2.75) is 31.6 Å². The SMILES string of the molecule is CC1=C(C)C2C(=O)N=C(SCCCC(=O)Nc3ccc(S(N)(=O)=O)cc3)N=C2S1. The molecule has 2 amide bonds. The zero-order valence-electron chi connectivity index (χ0n) is 15.8. The van der Waals surface area contributed by atoms with E-state index in [1.165, 1.54) is 47.8 Å². The van der Waals surface area contributed by atoms with E-state index >= 15 is 0 Å². The molecule has 2 heterocycles. The largest absolute Gasteiger partial charge is 0.326 e. The van der Waals surface area contributed by atoms with Gasteiger partial charge in [0.15, 0.2) is 5.17 Å². The normalized spacial score (nSPS) is 19.0. The number of primary sulfonamides is 1. The van der Waals surface area contributed by atoms with Gasteiger partial charge < -0.3 is 5.32 Å². The third-order valence-electron chi connectivity index (χ3n) is 4.40.